The van der Waals surface area contributed by atoms with Crippen LogP contribution in [-0.4, -0.2) is 32.5 Å². The van der Waals surface area contributed by atoms with Crippen LogP contribution in [0.1, 0.15) is 24.0 Å². The fraction of sp³-hybridized carbons (Fsp3) is 0.350. The first kappa shape index (κ1) is 17.9. The Hall–Kier alpha value is -2.89. The standard InChI is InChI=1S/C20H23N3O3/c1-21-14-16(19(25)22(2)20(21)26)10-11-18(24)23-12-6-9-17(23)13-15-7-4-3-5-8-15/h3-5,7-8,10-11,14,17H,6,9,12-13H2,1-2H3/b11-10+. The van der Waals surface area contributed by atoms with Crippen molar-refractivity contribution in [3.63, 3.8) is 0 Å². The highest BCUT2D eigenvalue weighted by atomic mass is 16.2. The molecule has 1 saturated heterocycles. The van der Waals surface area contributed by atoms with Crippen LogP contribution in [0.5, 0.6) is 0 Å². The summed E-state index contributed by atoms with van der Waals surface area (Å²) in [5.41, 5.74) is 0.746. The molecule has 1 unspecified atom stereocenters. The van der Waals surface area contributed by atoms with E-state index in [0.29, 0.717) is 5.56 Å². The molecule has 0 N–H and O–H groups in total. The van der Waals surface area contributed by atoms with E-state index in [2.05, 4.69) is 12.1 Å². The highest BCUT2D eigenvalue weighted by Crippen LogP contribution is 2.21. The predicted octanol–water partition coefficient (Wildman–Crippen LogP) is 1.33. The topological polar surface area (TPSA) is 64.3 Å². The summed E-state index contributed by atoms with van der Waals surface area (Å²) in [4.78, 5) is 38.4. The van der Waals surface area contributed by atoms with Crippen molar-refractivity contribution in [1.82, 2.24) is 14.0 Å². The molecule has 0 aliphatic carbocycles. The molecule has 1 fully saturated rings. The summed E-state index contributed by atoms with van der Waals surface area (Å²) in [7, 11) is 3.01. The largest absolute Gasteiger partial charge is 0.336 e. The zero-order valence-corrected chi connectivity index (χ0v) is 15.1. The van der Waals surface area contributed by atoms with E-state index >= 15 is 0 Å². The first-order valence-electron chi connectivity index (χ1n) is 8.76. The molecular formula is C20H23N3O3. The minimum absolute atomic E-state index is 0.0978. The molecule has 1 aromatic carbocycles. The van der Waals surface area contributed by atoms with Crippen LogP contribution in [0.4, 0.5) is 0 Å². The zero-order chi connectivity index (χ0) is 18.7. The third kappa shape index (κ3) is 3.69. The van der Waals surface area contributed by atoms with Gasteiger partial charge in [-0.15, -0.1) is 0 Å². The molecule has 1 atom stereocenters. The molecule has 0 radical (unpaired) electrons. The van der Waals surface area contributed by atoms with E-state index in [1.54, 1.807) is 7.05 Å². The SMILES string of the molecule is Cn1cc(/C=C/C(=O)N2CCCC2Cc2ccccc2)c(=O)n(C)c1=O. The average molecular weight is 353 g/mol. The van der Waals surface area contributed by atoms with Crippen LogP contribution >= 0.6 is 0 Å². The lowest BCUT2D eigenvalue weighted by molar-refractivity contribution is -0.126. The van der Waals surface area contributed by atoms with Gasteiger partial charge in [0.05, 0.1) is 5.56 Å². The summed E-state index contributed by atoms with van der Waals surface area (Å²) in [6.07, 6.45) is 7.20. The summed E-state index contributed by atoms with van der Waals surface area (Å²) in [6.45, 7) is 0.728. The highest BCUT2D eigenvalue weighted by molar-refractivity contribution is 5.92. The molecule has 3 rings (SSSR count). The number of aromatic nitrogens is 2. The molecule has 0 spiro atoms. The Bertz CT molecular complexity index is 941. The van der Waals surface area contributed by atoms with Crippen molar-refractivity contribution in [3.05, 3.63) is 74.6 Å². The van der Waals surface area contributed by atoms with Gasteiger partial charge in [0.2, 0.25) is 5.91 Å². The van der Waals surface area contributed by atoms with E-state index in [0.717, 1.165) is 30.4 Å². The summed E-state index contributed by atoms with van der Waals surface area (Å²) >= 11 is 0. The molecule has 1 amide bonds. The minimum Gasteiger partial charge on any atom is -0.336 e. The summed E-state index contributed by atoms with van der Waals surface area (Å²) in [6, 6.07) is 10.3. The van der Waals surface area contributed by atoms with E-state index in [4.69, 9.17) is 0 Å². The Kier molecular flexibility index (Phi) is 5.21. The van der Waals surface area contributed by atoms with Gasteiger partial charge in [0.25, 0.3) is 5.56 Å². The molecule has 6 heteroatoms. The van der Waals surface area contributed by atoms with Crippen LogP contribution in [0.15, 0.2) is 52.2 Å². The average Bonchev–Trinajstić information content (AvgIpc) is 3.10. The molecule has 2 aromatic rings. The number of carbonyl (C=O) groups is 1. The molecule has 0 saturated carbocycles. The number of amides is 1. The third-order valence-corrected chi connectivity index (χ3v) is 4.85. The maximum atomic E-state index is 12.6. The van der Waals surface area contributed by atoms with Crippen LogP contribution in [-0.2, 0) is 25.3 Å². The van der Waals surface area contributed by atoms with E-state index < -0.39 is 5.56 Å². The van der Waals surface area contributed by atoms with Crippen molar-refractivity contribution in [1.29, 1.82) is 0 Å². The summed E-state index contributed by atoms with van der Waals surface area (Å²) in [5.74, 6) is -0.0978. The maximum absolute atomic E-state index is 12.6. The van der Waals surface area contributed by atoms with Crippen LogP contribution in [0, 0.1) is 0 Å². The Morgan fingerprint density at radius 2 is 1.92 bits per heavy atom. The van der Waals surface area contributed by atoms with Gasteiger partial charge in [0, 0.05) is 39.0 Å². The van der Waals surface area contributed by atoms with Crippen molar-refractivity contribution < 1.29 is 4.79 Å². The van der Waals surface area contributed by atoms with Gasteiger partial charge in [-0.2, -0.15) is 0 Å². The Morgan fingerprint density at radius 3 is 2.65 bits per heavy atom. The van der Waals surface area contributed by atoms with E-state index in [-0.39, 0.29) is 17.6 Å². The van der Waals surface area contributed by atoms with Gasteiger partial charge in [-0.1, -0.05) is 30.3 Å². The first-order chi connectivity index (χ1) is 12.5. The molecule has 6 nitrogen and oxygen atoms in total. The minimum atomic E-state index is -0.403. The first-order valence-corrected chi connectivity index (χ1v) is 8.76. The number of likely N-dealkylation sites (tertiary alicyclic amines) is 1. The quantitative estimate of drug-likeness (QED) is 0.779. The van der Waals surface area contributed by atoms with Crippen LogP contribution in [0.2, 0.25) is 0 Å². The van der Waals surface area contributed by atoms with Crippen molar-refractivity contribution >= 4 is 12.0 Å². The number of hydrogen-bond donors (Lipinski definition) is 0. The normalized spacial score (nSPS) is 17.2. The molecule has 1 aromatic heterocycles. The van der Waals surface area contributed by atoms with Crippen molar-refractivity contribution in [2.75, 3.05) is 6.54 Å². The van der Waals surface area contributed by atoms with Crippen LogP contribution < -0.4 is 11.2 Å². The van der Waals surface area contributed by atoms with E-state index in [9.17, 15) is 14.4 Å². The number of nitrogens with zero attached hydrogens (tertiary/aromatic N) is 3. The molecular weight excluding hydrogens is 330 g/mol. The van der Waals surface area contributed by atoms with E-state index in [1.807, 2.05) is 23.1 Å². The van der Waals surface area contributed by atoms with Gasteiger partial charge in [-0.25, -0.2) is 4.79 Å². The smallest absolute Gasteiger partial charge is 0.330 e. The third-order valence-electron chi connectivity index (χ3n) is 4.85. The number of benzene rings is 1. The molecule has 0 bridgehead atoms. The van der Waals surface area contributed by atoms with Gasteiger partial charge < -0.3 is 9.47 Å². The number of hydrogen-bond acceptors (Lipinski definition) is 3. The fourth-order valence-corrected chi connectivity index (χ4v) is 3.43. The maximum Gasteiger partial charge on any atom is 0.330 e. The lowest BCUT2D eigenvalue weighted by Crippen LogP contribution is -2.38. The predicted molar refractivity (Wildman–Crippen MR) is 101 cm³/mol. The van der Waals surface area contributed by atoms with Crippen LogP contribution in [0.25, 0.3) is 6.08 Å². The fourth-order valence-electron chi connectivity index (χ4n) is 3.43. The highest BCUT2D eigenvalue weighted by Gasteiger charge is 2.27. The monoisotopic (exact) mass is 353 g/mol. The van der Waals surface area contributed by atoms with Crippen molar-refractivity contribution in [2.24, 2.45) is 14.1 Å². The molecule has 2 heterocycles. The zero-order valence-electron chi connectivity index (χ0n) is 15.1. The van der Waals surface area contributed by atoms with Crippen LogP contribution in [0.3, 0.4) is 0 Å². The Labute approximate surface area is 152 Å². The van der Waals surface area contributed by atoms with Gasteiger partial charge in [-0.05, 0) is 30.9 Å². The van der Waals surface area contributed by atoms with Crippen molar-refractivity contribution in [2.45, 2.75) is 25.3 Å². The second-order valence-corrected chi connectivity index (χ2v) is 6.69. The molecule has 1 aliphatic heterocycles. The number of carbonyl (C=O) groups excluding carboxylic acids is 1. The lowest BCUT2D eigenvalue weighted by atomic mass is 10.0. The Balaban J connectivity index is 1.76. The number of aryl methyl sites for hydroxylation is 1. The molecule has 1 aliphatic rings. The summed E-state index contributed by atoms with van der Waals surface area (Å²) in [5, 5.41) is 0. The summed E-state index contributed by atoms with van der Waals surface area (Å²) < 4.78 is 2.37. The van der Waals surface area contributed by atoms with E-state index in [1.165, 1.54) is 35.5 Å². The van der Waals surface area contributed by atoms with Gasteiger partial charge in [-0.3, -0.25) is 14.2 Å². The number of rotatable bonds is 4. The van der Waals surface area contributed by atoms with Gasteiger partial charge in [0.15, 0.2) is 0 Å². The van der Waals surface area contributed by atoms with Gasteiger partial charge >= 0.3 is 5.69 Å². The lowest BCUT2D eigenvalue weighted by Gasteiger charge is -2.23. The Morgan fingerprint density at radius 1 is 1.19 bits per heavy atom. The second kappa shape index (κ2) is 7.56. The molecule has 26 heavy (non-hydrogen) atoms. The van der Waals surface area contributed by atoms with Gasteiger partial charge in [0.1, 0.15) is 0 Å². The molecule has 136 valence electrons. The second-order valence-electron chi connectivity index (χ2n) is 6.69. The van der Waals surface area contributed by atoms with Crippen molar-refractivity contribution in [3.8, 4) is 0 Å².